The van der Waals surface area contributed by atoms with E-state index in [1.165, 1.54) is 34.8 Å². The lowest BCUT2D eigenvalue weighted by Crippen LogP contribution is -2.24. The summed E-state index contributed by atoms with van der Waals surface area (Å²) in [6.45, 7) is 1.94. The standard InChI is InChI=1S/C22H20N2O2S/c1-14(27-22-23-17-10-4-7-13-20(17)26-22)21(25)24-18-11-5-2-8-15(18)16-9-3-6-12-19(16)24/h2,4-5,7-8,10-11,13-14H,3,6,9,12H2,1H3. The first-order valence-corrected chi connectivity index (χ1v) is 10.3. The smallest absolute Gasteiger partial charge is 0.257 e. The molecule has 2 aromatic carbocycles. The van der Waals surface area contributed by atoms with Crippen LogP contribution in [0.2, 0.25) is 0 Å². The Morgan fingerprint density at radius 3 is 2.78 bits per heavy atom. The molecule has 1 unspecified atom stereocenters. The summed E-state index contributed by atoms with van der Waals surface area (Å²) in [5.41, 5.74) is 5.15. The Labute approximate surface area is 161 Å². The maximum Gasteiger partial charge on any atom is 0.257 e. The third-order valence-corrected chi connectivity index (χ3v) is 6.23. The number of carbonyl (C=O) groups excluding carboxylic acids is 1. The quantitative estimate of drug-likeness (QED) is 0.444. The SMILES string of the molecule is CC(Sc1nc2ccccc2o1)C(=O)n1c2c(c3ccccc31)CCCC2. The zero-order valence-corrected chi connectivity index (χ0v) is 16.0. The van der Waals surface area contributed by atoms with Gasteiger partial charge >= 0.3 is 0 Å². The lowest BCUT2D eigenvalue weighted by Gasteiger charge is -2.17. The fourth-order valence-corrected chi connectivity index (χ4v) is 4.83. The van der Waals surface area contributed by atoms with Crippen LogP contribution in [-0.2, 0) is 12.8 Å². The summed E-state index contributed by atoms with van der Waals surface area (Å²) in [6.07, 6.45) is 4.37. The Hall–Kier alpha value is -2.53. The van der Waals surface area contributed by atoms with Gasteiger partial charge in [-0.1, -0.05) is 42.1 Å². The molecule has 4 nitrogen and oxygen atoms in total. The summed E-state index contributed by atoms with van der Waals surface area (Å²) in [5, 5.41) is 1.49. The first-order chi connectivity index (χ1) is 13.2. The summed E-state index contributed by atoms with van der Waals surface area (Å²) >= 11 is 1.39. The number of rotatable bonds is 3. The molecule has 136 valence electrons. The largest absolute Gasteiger partial charge is 0.431 e. The van der Waals surface area contributed by atoms with Crippen molar-refractivity contribution >= 4 is 39.7 Å². The predicted octanol–water partition coefficient (Wildman–Crippen LogP) is 5.48. The number of para-hydroxylation sites is 3. The van der Waals surface area contributed by atoms with E-state index in [0.29, 0.717) is 5.22 Å². The van der Waals surface area contributed by atoms with Crippen LogP contribution in [0.5, 0.6) is 0 Å². The lowest BCUT2D eigenvalue weighted by atomic mass is 9.95. The van der Waals surface area contributed by atoms with Gasteiger partial charge in [0.15, 0.2) is 5.58 Å². The van der Waals surface area contributed by atoms with Crippen molar-refractivity contribution in [2.24, 2.45) is 0 Å². The second-order valence-electron chi connectivity index (χ2n) is 7.03. The molecule has 5 rings (SSSR count). The van der Waals surface area contributed by atoms with Gasteiger partial charge in [-0.2, -0.15) is 0 Å². The van der Waals surface area contributed by atoms with Gasteiger partial charge in [0.25, 0.3) is 5.22 Å². The number of oxazole rings is 1. The van der Waals surface area contributed by atoms with E-state index in [0.717, 1.165) is 35.9 Å². The maximum atomic E-state index is 13.4. The van der Waals surface area contributed by atoms with Crippen LogP contribution in [0.1, 0.15) is 35.8 Å². The van der Waals surface area contributed by atoms with Gasteiger partial charge in [-0.25, -0.2) is 4.98 Å². The van der Waals surface area contributed by atoms with E-state index in [9.17, 15) is 4.79 Å². The third kappa shape index (κ3) is 2.77. The van der Waals surface area contributed by atoms with Crippen LogP contribution < -0.4 is 0 Å². The van der Waals surface area contributed by atoms with Gasteiger partial charge in [-0.15, -0.1) is 0 Å². The predicted molar refractivity (Wildman–Crippen MR) is 109 cm³/mol. The fourth-order valence-electron chi connectivity index (χ4n) is 4.03. The molecule has 0 spiro atoms. The van der Waals surface area contributed by atoms with Gasteiger partial charge in [0.1, 0.15) is 5.52 Å². The average Bonchev–Trinajstić information content (AvgIpc) is 3.25. The first kappa shape index (κ1) is 16.6. The van der Waals surface area contributed by atoms with Crippen molar-refractivity contribution in [1.29, 1.82) is 0 Å². The van der Waals surface area contributed by atoms with E-state index in [1.54, 1.807) is 0 Å². The molecule has 4 aromatic rings. The van der Waals surface area contributed by atoms with Crippen LogP contribution in [0, 0.1) is 0 Å². The molecule has 27 heavy (non-hydrogen) atoms. The van der Waals surface area contributed by atoms with Crippen LogP contribution in [0.15, 0.2) is 58.2 Å². The molecule has 1 atom stereocenters. The Morgan fingerprint density at radius 2 is 1.89 bits per heavy atom. The third-order valence-electron chi connectivity index (χ3n) is 5.30. The number of hydrogen-bond acceptors (Lipinski definition) is 4. The zero-order valence-electron chi connectivity index (χ0n) is 15.1. The maximum absolute atomic E-state index is 13.4. The van der Waals surface area contributed by atoms with Crippen LogP contribution in [0.4, 0.5) is 0 Å². The van der Waals surface area contributed by atoms with Crippen molar-refractivity contribution in [3.8, 4) is 0 Å². The topological polar surface area (TPSA) is 48.0 Å². The van der Waals surface area contributed by atoms with E-state index in [-0.39, 0.29) is 11.2 Å². The molecule has 0 saturated carbocycles. The highest BCUT2D eigenvalue weighted by Crippen LogP contribution is 2.34. The summed E-state index contributed by atoms with van der Waals surface area (Å²) in [4.78, 5) is 17.9. The second kappa shape index (κ2) is 6.57. The molecular formula is C22H20N2O2S. The molecule has 2 aromatic heterocycles. The van der Waals surface area contributed by atoms with Crippen molar-refractivity contribution in [3.05, 3.63) is 59.8 Å². The number of carbonyl (C=O) groups is 1. The Kier molecular flexibility index (Phi) is 4.05. The molecule has 0 N–H and O–H groups in total. The highest BCUT2D eigenvalue weighted by Gasteiger charge is 2.27. The monoisotopic (exact) mass is 376 g/mol. The van der Waals surface area contributed by atoms with Crippen molar-refractivity contribution in [2.45, 2.75) is 43.1 Å². The van der Waals surface area contributed by atoms with Crippen LogP contribution in [0.25, 0.3) is 22.0 Å². The van der Waals surface area contributed by atoms with Crippen LogP contribution in [0.3, 0.4) is 0 Å². The minimum absolute atomic E-state index is 0.0987. The Morgan fingerprint density at radius 1 is 1.11 bits per heavy atom. The summed E-state index contributed by atoms with van der Waals surface area (Å²) in [6, 6.07) is 15.9. The van der Waals surface area contributed by atoms with Crippen molar-refractivity contribution in [2.75, 3.05) is 0 Å². The van der Waals surface area contributed by atoms with Crippen LogP contribution in [-0.4, -0.2) is 20.7 Å². The van der Waals surface area contributed by atoms with Gasteiger partial charge < -0.3 is 4.42 Å². The number of benzene rings is 2. The second-order valence-corrected chi connectivity index (χ2v) is 8.32. The molecule has 0 bridgehead atoms. The van der Waals surface area contributed by atoms with Gasteiger partial charge in [0, 0.05) is 11.1 Å². The minimum atomic E-state index is -0.278. The first-order valence-electron chi connectivity index (χ1n) is 9.40. The molecule has 0 aliphatic heterocycles. The van der Waals surface area contributed by atoms with Crippen LogP contribution >= 0.6 is 11.8 Å². The highest BCUT2D eigenvalue weighted by atomic mass is 32.2. The molecule has 2 heterocycles. The molecule has 5 heteroatoms. The highest BCUT2D eigenvalue weighted by molar-refractivity contribution is 8.00. The molecule has 1 aliphatic rings. The molecule has 0 saturated heterocycles. The molecular weight excluding hydrogens is 356 g/mol. The zero-order chi connectivity index (χ0) is 18.4. The average molecular weight is 376 g/mol. The van der Waals surface area contributed by atoms with E-state index in [2.05, 4.69) is 23.2 Å². The van der Waals surface area contributed by atoms with E-state index in [1.807, 2.05) is 41.8 Å². The molecule has 0 amide bonds. The number of aromatic nitrogens is 2. The van der Waals surface area contributed by atoms with Gasteiger partial charge in [0.2, 0.25) is 5.91 Å². The Balaban J connectivity index is 1.51. The summed E-state index contributed by atoms with van der Waals surface area (Å²) in [7, 11) is 0. The normalized spacial score (nSPS) is 15.1. The van der Waals surface area contributed by atoms with Gasteiger partial charge in [0.05, 0.1) is 10.8 Å². The molecule has 1 aliphatic carbocycles. The van der Waals surface area contributed by atoms with Crippen molar-refractivity contribution in [3.63, 3.8) is 0 Å². The molecule has 0 radical (unpaired) electrons. The summed E-state index contributed by atoms with van der Waals surface area (Å²) in [5.74, 6) is 0.0987. The number of nitrogens with zero attached hydrogens (tertiary/aromatic N) is 2. The van der Waals surface area contributed by atoms with E-state index < -0.39 is 0 Å². The van der Waals surface area contributed by atoms with Gasteiger partial charge in [-0.05, 0) is 56.4 Å². The van der Waals surface area contributed by atoms with E-state index >= 15 is 0 Å². The van der Waals surface area contributed by atoms with Gasteiger partial charge in [-0.3, -0.25) is 9.36 Å². The number of hydrogen-bond donors (Lipinski definition) is 0. The number of thioether (sulfide) groups is 1. The lowest BCUT2D eigenvalue weighted by molar-refractivity contribution is 0.0916. The molecule has 0 fully saturated rings. The summed E-state index contributed by atoms with van der Waals surface area (Å²) < 4.78 is 7.75. The van der Waals surface area contributed by atoms with Crippen molar-refractivity contribution < 1.29 is 9.21 Å². The van der Waals surface area contributed by atoms with E-state index in [4.69, 9.17) is 4.42 Å². The number of aryl methyl sites for hydroxylation is 1. The minimum Gasteiger partial charge on any atom is -0.431 e. The fraction of sp³-hybridized carbons (Fsp3) is 0.273. The Bertz CT molecular complexity index is 1120. The number of fused-ring (bicyclic) bond motifs is 4. The van der Waals surface area contributed by atoms with Crippen molar-refractivity contribution in [1.82, 2.24) is 9.55 Å².